The normalized spacial score (nSPS) is 18.2. The molecule has 0 unspecified atom stereocenters. The number of nitrogens with zero attached hydrogens (tertiary/aromatic N) is 2. The second kappa shape index (κ2) is 3.17. The van der Waals surface area contributed by atoms with E-state index in [4.69, 9.17) is 4.42 Å². The predicted molar refractivity (Wildman–Crippen MR) is 47.3 cm³/mol. The topological polar surface area (TPSA) is 29.3 Å². The van der Waals surface area contributed by atoms with E-state index in [0.717, 1.165) is 24.8 Å². The average Bonchev–Trinajstić information content (AvgIpc) is 2.54. The first-order valence-corrected chi connectivity index (χ1v) is 4.53. The summed E-state index contributed by atoms with van der Waals surface area (Å²) in [6.07, 6.45) is 5.59. The smallest absolute Gasteiger partial charge is 0.297 e. The van der Waals surface area contributed by atoms with Gasteiger partial charge in [-0.15, -0.1) is 0 Å². The molecule has 1 saturated heterocycles. The Morgan fingerprint density at radius 3 is 2.67 bits per heavy atom. The molecule has 0 amide bonds. The van der Waals surface area contributed by atoms with Gasteiger partial charge in [-0.2, -0.15) is 4.98 Å². The third kappa shape index (κ3) is 1.44. The van der Waals surface area contributed by atoms with Gasteiger partial charge in [-0.3, -0.25) is 0 Å². The SMILES string of the molecule is Cc1coc(N2CCCCC2)n1. The van der Waals surface area contributed by atoms with E-state index in [0.29, 0.717) is 0 Å². The predicted octanol–water partition coefficient (Wildman–Crippen LogP) is 1.97. The van der Waals surface area contributed by atoms with Crippen molar-refractivity contribution in [2.75, 3.05) is 18.0 Å². The number of hydrogen-bond donors (Lipinski definition) is 0. The lowest BCUT2D eigenvalue weighted by molar-refractivity contribution is 0.491. The molecule has 1 aliphatic rings. The molecule has 3 heteroatoms. The lowest BCUT2D eigenvalue weighted by Gasteiger charge is -2.24. The minimum atomic E-state index is 0.798. The summed E-state index contributed by atoms with van der Waals surface area (Å²) in [5, 5.41) is 0. The van der Waals surface area contributed by atoms with Gasteiger partial charge in [-0.1, -0.05) is 0 Å². The third-order valence-electron chi connectivity index (χ3n) is 2.23. The zero-order chi connectivity index (χ0) is 8.39. The van der Waals surface area contributed by atoms with Crippen LogP contribution in [-0.2, 0) is 0 Å². The summed E-state index contributed by atoms with van der Waals surface area (Å²) in [7, 11) is 0. The standard InChI is InChI=1S/C9H14N2O/c1-8-7-12-9(10-8)11-5-3-2-4-6-11/h7H,2-6H2,1H3. The second-order valence-corrected chi connectivity index (χ2v) is 3.32. The Hall–Kier alpha value is -0.990. The highest BCUT2D eigenvalue weighted by molar-refractivity contribution is 5.26. The Kier molecular flexibility index (Phi) is 2.02. The van der Waals surface area contributed by atoms with E-state index in [1.807, 2.05) is 6.92 Å². The van der Waals surface area contributed by atoms with E-state index in [1.165, 1.54) is 19.3 Å². The van der Waals surface area contributed by atoms with Crippen LogP contribution >= 0.6 is 0 Å². The van der Waals surface area contributed by atoms with Gasteiger partial charge in [0, 0.05) is 13.1 Å². The molecule has 0 bridgehead atoms. The van der Waals surface area contributed by atoms with Crippen LogP contribution in [0.2, 0.25) is 0 Å². The molecule has 1 aromatic rings. The molecule has 2 rings (SSSR count). The van der Waals surface area contributed by atoms with E-state index >= 15 is 0 Å². The monoisotopic (exact) mass is 166 g/mol. The Bertz CT molecular complexity index is 251. The molecule has 0 saturated carbocycles. The first-order valence-electron chi connectivity index (χ1n) is 4.53. The zero-order valence-electron chi connectivity index (χ0n) is 7.42. The van der Waals surface area contributed by atoms with Crippen molar-refractivity contribution >= 4 is 6.01 Å². The summed E-state index contributed by atoms with van der Waals surface area (Å²) in [6, 6.07) is 0.798. The molecule has 0 atom stereocenters. The highest BCUT2D eigenvalue weighted by atomic mass is 16.4. The number of hydrogen-bond acceptors (Lipinski definition) is 3. The van der Waals surface area contributed by atoms with E-state index in [9.17, 15) is 0 Å². The van der Waals surface area contributed by atoms with Gasteiger partial charge in [0.15, 0.2) is 0 Å². The minimum absolute atomic E-state index is 0.798. The number of rotatable bonds is 1. The molecule has 12 heavy (non-hydrogen) atoms. The Morgan fingerprint density at radius 2 is 2.08 bits per heavy atom. The van der Waals surface area contributed by atoms with E-state index < -0.39 is 0 Å². The lowest BCUT2D eigenvalue weighted by Crippen LogP contribution is -2.29. The van der Waals surface area contributed by atoms with Gasteiger partial charge < -0.3 is 9.32 Å². The fraction of sp³-hybridized carbons (Fsp3) is 0.667. The largest absolute Gasteiger partial charge is 0.432 e. The fourth-order valence-electron chi connectivity index (χ4n) is 1.57. The summed E-state index contributed by atoms with van der Waals surface area (Å²) in [5.74, 6) is 0. The second-order valence-electron chi connectivity index (χ2n) is 3.32. The van der Waals surface area contributed by atoms with Crippen molar-refractivity contribution < 1.29 is 4.42 Å². The molecular weight excluding hydrogens is 152 g/mol. The van der Waals surface area contributed by atoms with Gasteiger partial charge in [-0.25, -0.2) is 0 Å². The maximum Gasteiger partial charge on any atom is 0.297 e. The summed E-state index contributed by atoms with van der Waals surface area (Å²) < 4.78 is 5.32. The molecule has 0 N–H and O–H groups in total. The van der Waals surface area contributed by atoms with Crippen LogP contribution in [0.4, 0.5) is 6.01 Å². The highest BCUT2D eigenvalue weighted by Gasteiger charge is 2.14. The molecule has 66 valence electrons. The van der Waals surface area contributed by atoms with Crippen LogP contribution in [0.25, 0.3) is 0 Å². The zero-order valence-corrected chi connectivity index (χ0v) is 7.42. The summed E-state index contributed by atoms with van der Waals surface area (Å²) >= 11 is 0. The van der Waals surface area contributed by atoms with Crippen LogP contribution < -0.4 is 4.90 Å². The van der Waals surface area contributed by atoms with Gasteiger partial charge in [-0.05, 0) is 26.2 Å². The molecule has 0 aromatic carbocycles. The first-order chi connectivity index (χ1) is 5.86. The molecule has 0 spiro atoms. The molecule has 1 fully saturated rings. The van der Waals surface area contributed by atoms with Crippen molar-refractivity contribution in [3.63, 3.8) is 0 Å². The first kappa shape index (κ1) is 7.65. The Balaban J connectivity index is 2.08. The van der Waals surface area contributed by atoms with Crippen molar-refractivity contribution in [2.45, 2.75) is 26.2 Å². The maximum atomic E-state index is 5.32. The quantitative estimate of drug-likeness (QED) is 0.638. The Labute approximate surface area is 72.4 Å². The number of oxazole rings is 1. The van der Waals surface area contributed by atoms with Crippen molar-refractivity contribution in [1.29, 1.82) is 0 Å². The van der Waals surface area contributed by atoms with Crippen LogP contribution in [-0.4, -0.2) is 18.1 Å². The van der Waals surface area contributed by atoms with E-state index in [2.05, 4.69) is 9.88 Å². The lowest BCUT2D eigenvalue weighted by atomic mass is 10.1. The number of aryl methyl sites for hydroxylation is 1. The molecule has 2 heterocycles. The summed E-state index contributed by atoms with van der Waals surface area (Å²) in [6.45, 7) is 4.15. The van der Waals surface area contributed by atoms with Gasteiger partial charge in [0.05, 0.1) is 5.69 Å². The van der Waals surface area contributed by atoms with Gasteiger partial charge in [0.1, 0.15) is 6.26 Å². The van der Waals surface area contributed by atoms with Gasteiger partial charge in [0.25, 0.3) is 6.01 Å². The van der Waals surface area contributed by atoms with Crippen molar-refractivity contribution in [3.05, 3.63) is 12.0 Å². The van der Waals surface area contributed by atoms with Crippen LogP contribution in [0, 0.1) is 6.92 Å². The molecule has 0 aliphatic carbocycles. The molecule has 1 aromatic heterocycles. The molecule has 0 radical (unpaired) electrons. The van der Waals surface area contributed by atoms with E-state index in [-0.39, 0.29) is 0 Å². The molecule has 1 aliphatic heterocycles. The van der Waals surface area contributed by atoms with Crippen LogP contribution in [0.3, 0.4) is 0 Å². The Morgan fingerprint density at radius 1 is 1.33 bits per heavy atom. The van der Waals surface area contributed by atoms with Crippen molar-refractivity contribution in [2.24, 2.45) is 0 Å². The minimum Gasteiger partial charge on any atom is -0.432 e. The third-order valence-corrected chi connectivity index (χ3v) is 2.23. The number of anilines is 1. The van der Waals surface area contributed by atoms with Gasteiger partial charge >= 0.3 is 0 Å². The maximum absolute atomic E-state index is 5.32. The number of piperidine rings is 1. The van der Waals surface area contributed by atoms with Crippen LogP contribution in [0.15, 0.2) is 10.7 Å². The van der Waals surface area contributed by atoms with Crippen molar-refractivity contribution in [3.8, 4) is 0 Å². The summed E-state index contributed by atoms with van der Waals surface area (Å²) in [4.78, 5) is 6.51. The fourth-order valence-corrected chi connectivity index (χ4v) is 1.57. The average molecular weight is 166 g/mol. The number of aromatic nitrogens is 1. The molecular formula is C9H14N2O. The molecule has 3 nitrogen and oxygen atoms in total. The van der Waals surface area contributed by atoms with E-state index in [1.54, 1.807) is 6.26 Å². The van der Waals surface area contributed by atoms with Crippen molar-refractivity contribution in [1.82, 2.24) is 4.98 Å². The van der Waals surface area contributed by atoms with Crippen LogP contribution in [0.5, 0.6) is 0 Å². The van der Waals surface area contributed by atoms with Crippen LogP contribution in [0.1, 0.15) is 25.0 Å². The van der Waals surface area contributed by atoms with Gasteiger partial charge in [0.2, 0.25) is 0 Å². The summed E-state index contributed by atoms with van der Waals surface area (Å²) in [5.41, 5.74) is 0.968. The highest BCUT2D eigenvalue weighted by Crippen LogP contribution is 2.18.